The van der Waals surface area contributed by atoms with Crippen molar-refractivity contribution in [3.05, 3.63) is 29.6 Å². The SMILES string of the molecule is NC(=O)c1ccc(NC(=O)C2CC2)c(F)c1. The number of amides is 2. The number of primary amides is 1. The van der Waals surface area contributed by atoms with Crippen LogP contribution in [0.3, 0.4) is 0 Å². The number of anilines is 1. The molecule has 2 rings (SSSR count). The van der Waals surface area contributed by atoms with Gasteiger partial charge < -0.3 is 11.1 Å². The van der Waals surface area contributed by atoms with Gasteiger partial charge >= 0.3 is 0 Å². The third kappa shape index (κ3) is 2.18. The van der Waals surface area contributed by atoms with Crippen LogP contribution in [0.4, 0.5) is 10.1 Å². The van der Waals surface area contributed by atoms with E-state index in [2.05, 4.69) is 5.32 Å². The van der Waals surface area contributed by atoms with Crippen molar-refractivity contribution in [1.82, 2.24) is 0 Å². The summed E-state index contributed by atoms with van der Waals surface area (Å²) in [7, 11) is 0. The van der Waals surface area contributed by atoms with Crippen molar-refractivity contribution in [2.75, 3.05) is 5.32 Å². The van der Waals surface area contributed by atoms with Crippen molar-refractivity contribution in [1.29, 1.82) is 0 Å². The summed E-state index contributed by atoms with van der Waals surface area (Å²) in [5.41, 5.74) is 5.17. The Morgan fingerprint density at radius 3 is 2.56 bits per heavy atom. The number of nitrogens with one attached hydrogen (secondary N) is 1. The van der Waals surface area contributed by atoms with Crippen LogP contribution in [0.1, 0.15) is 23.2 Å². The highest BCUT2D eigenvalue weighted by Crippen LogP contribution is 2.30. The zero-order valence-corrected chi connectivity index (χ0v) is 8.50. The summed E-state index contributed by atoms with van der Waals surface area (Å²) in [4.78, 5) is 22.1. The van der Waals surface area contributed by atoms with E-state index in [0.29, 0.717) is 0 Å². The van der Waals surface area contributed by atoms with E-state index in [-0.39, 0.29) is 23.1 Å². The Morgan fingerprint density at radius 1 is 1.38 bits per heavy atom. The summed E-state index contributed by atoms with van der Waals surface area (Å²) in [6.45, 7) is 0. The molecule has 0 radical (unpaired) electrons. The minimum absolute atomic E-state index is 0.00946. The standard InChI is InChI=1S/C11H11FN2O2/c12-8-5-7(10(13)15)3-4-9(8)14-11(16)6-1-2-6/h3-6H,1-2H2,(H2,13,15)(H,14,16). The van der Waals surface area contributed by atoms with Gasteiger partial charge in [0.25, 0.3) is 0 Å². The molecule has 0 aromatic heterocycles. The highest BCUT2D eigenvalue weighted by atomic mass is 19.1. The molecule has 1 aliphatic rings. The zero-order chi connectivity index (χ0) is 11.7. The minimum atomic E-state index is -0.695. The molecule has 1 aromatic rings. The number of hydrogen-bond acceptors (Lipinski definition) is 2. The van der Waals surface area contributed by atoms with Crippen LogP contribution < -0.4 is 11.1 Å². The Morgan fingerprint density at radius 2 is 2.06 bits per heavy atom. The van der Waals surface area contributed by atoms with Crippen LogP contribution in [0.2, 0.25) is 0 Å². The van der Waals surface area contributed by atoms with Crippen molar-refractivity contribution in [2.45, 2.75) is 12.8 Å². The molecule has 0 spiro atoms. The first-order chi connectivity index (χ1) is 7.58. The van der Waals surface area contributed by atoms with Crippen LogP contribution in [-0.2, 0) is 4.79 Å². The lowest BCUT2D eigenvalue weighted by atomic mass is 10.2. The predicted molar refractivity (Wildman–Crippen MR) is 56.3 cm³/mol. The molecule has 0 aliphatic heterocycles. The Kier molecular flexibility index (Phi) is 2.60. The summed E-state index contributed by atoms with van der Waals surface area (Å²) in [6, 6.07) is 3.74. The highest BCUT2D eigenvalue weighted by Gasteiger charge is 2.30. The normalized spacial score (nSPS) is 14.6. The first kappa shape index (κ1) is 10.6. The van der Waals surface area contributed by atoms with Gasteiger partial charge in [-0.05, 0) is 31.0 Å². The molecule has 0 atom stereocenters. The third-order valence-electron chi connectivity index (χ3n) is 2.46. The summed E-state index contributed by atoms with van der Waals surface area (Å²) in [5, 5.41) is 2.47. The van der Waals surface area contributed by atoms with Gasteiger partial charge in [-0.3, -0.25) is 9.59 Å². The van der Waals surface area contributed by atoms with Gasteiger partial charge in [-0.15, -0.1) is 0 Å². The molecule has 5 heteroatoms. The summed E-state index contributed by atoms with van der Waals surface area (Å²) < 4.78 is 13.4. The minimum Gasteiger partial charge on any atom is -0.366 e. The van der Waals surface area contributed by atoms with Crippen molar-refractivity contribution in [2.24, 2.45) is 11.7 Å². The Hall–Kier alpha value is -1.91. The Labute approximate surface area is 91.6 Å². The van der Waals surface area contributed by atoms with Crippen molar-refractivity contribution in [3.63, 3.8) is 0 Å². The fraction of sp³-hybridized carbons (Fsp3) is 0.273. The molecular weight excluding hydrogens is 211 g/mol. The first-order valence-electron chi connectivity index (χ1n) is 4.98. The molecule has 1 aliphatic carbocycles. The van der Waals surface area contributed by atoms with Gasteiger partial charge in [-0.2, -0.15) is 0 Å². The average Bonchev–Trinajstić information content (AvgIpc) is 3.03. The molecule has 3 N–H and O–H groups in total. The summed E-state index contributed by atoms with van der Waals surface area (Å²) >= 11 is 0. The van der Waals surface area contributed by atoms with E-state index in [4.69, 9.17) is 5.73 Å². The Bertz CT molecular complexity index is 455. The number of nitrogens with two attached hydrogens (primary N) is 1. The van der Waals surface area contributed by atoms with Gasteiger partial charge in [0.05, 0.1) is 5.69 Å². The monoisotopic (exact) mass is 222 g/mol. The maximum Gasteiger partial charge on any atom is 0.248 e. The third-order valence-corrected chi connectivity index (χ3v) is 2.46. The smallest absolute Gasteiger partial charge is 0.248 e. The molecule has 2 amide bonds. The predicted octanol–water partition coefficient (Wildman–Crippen LogP) is 1.27. The lowest BCUT2D eigenvalue weighted by Crippen LogP contribution is -2.16. The zero-order valence-electron chi connectivity index (χ0n) is 8.50. The van der Waals surface area contributed by atoms with E-state index < -0.39 is 11.7 Å². The number of benzene rings is 1. The maximum absolute atomic E-state index is 13.4. The first-order valence-corrected chi connectivity index (χ1v) is 4.98. The van der Waals surface area contributed by atoms with E-state index in [0.717, 1.165) is 18.9 Å². The molecule has 4 nitrogen and oxygen atoms in total. The number of hydrogen-bond donors (Lipinski definition) is 2. The summed E-state index contributed by atoms with van der Waals surface area (Å²) in [5.74, 6) is -1.51. The van der Waals surface area contributed by atoms with Crippen LogP contribution in [0.15, 0.2) is 18.2 Å². The molecule has 0 unspecified atom stereocenters. The second kappa shape index (κ2) is 3.92. The fourth-order valence-electron chi connectivity index (χ4n) is 1.35. The van der Waals surface area contributed by atoms with Gasteiger partial charge in [-0.1, -0.05) is 0 Å². The van der Waals surface area contributed by atoms with Crippen molar-refractivity contribution >= 4 is 17.5 Å². The quantitative estimate of drug-likeness (QED) is 0.808. The van der Waals surface area contributed by atoms with Gasteiger partial charge in [-0.25, -0.2) is 4.39 Å². The molecule has 1 fully saturated rings. The maximum atomic E-state index is 13.4. The number of halogens is 1. The van der Waals surface area contributed by atoms with Crippen LogP contribution in [0.25, 0.3) is 0 Å². The molecule has 1 aromatic carbocycles. The molecule has 0 saturated heterocycles. The van der Waals surface area contributed by atoms with Gasteiger partial charge in [0, 0.05) is 11.5 Å². The molecule has 1 saturated carbocycles. The molecule has 16 heavy (non-hydrogen) atoms. The van der Waals surface area contributed by atoms with Crippen molar-refractivity contribution in [3.8, 4) is 0 Å². The Balaban J connectivity index is 2.15. The summed E-state index contributed by atoms with van der Waals surface area (Å²) in [6.07, 6.45) is 1.71. The number of rotatable bonds is 3. The number of carbonyl (C=O) groups is 2. The molecule has 0 heterocycles. The van der Waals surface area contributed by atoms with Crippen LogP contribution in [0, 0.1) is 11.7 Å². The molecule has 0 bridgehead atoms. The lowest BCUT2D eigenvalue weighted by Gasteiger charge is -2.06. The highest BCUT2D eigenvalue weighted by molar-refractivity contribution is 5.96. The van der Waals surface area contributed by atoms with Crippen molar-refractivity contribution < 1.29 is 14.0 Å². The average molecular weight is 222 g/mol. The van der Waals surface area contributed by atoms with E-state index in [1.807, 2.05) is 0 Å². The fourth-order valence-corrected chi connectivity index (χ4v) is 1.35. The number of carbonyl (C=O) groups excluding carboxylic acids is 2. The van der Waals surface area contributed by atoms with Gasteiger partial charge in [0.15, 0.2) is 0 Å². The van der Waals surface area contributed by atoms with E-state index >= 15 is 0 Å². The van der Waals surface area contributed by atoms with Crippen LogP contribution >= 0.6 is 0 Å². The van der Waals surface area contributed by atoms with E-state index in [1.165, 1.54) is 12.1 Å². The van der Waals surface area contributed by atoms with E-state index in [9.17, 15) is 14.0 Å². The largest absolute Gasteiger partial charge is 0.366 e. The van der Waals surface area contributed by atoms with E-state index in [1.54, 1.807) is 0 Å². The second-order valence-corrected chi connectivity index (χ2v) is 3.82. The lowest BCUT2D eigenvalue weighted by molar-refractivity contribution is -0.117. The van der Waals surface area contributed by atoms with Gasteiger partial charge in [0.1, 0.15) is 5.82 Å². The second-order valence-electron chi connectivity index (χ2n) is 3.82. The topological polar surface area (TPSA) is 72.2 Å². The van der Waals surface area contributed by atoms with Crippen LogP contribution in [-0.4, -0.2) is 11.8 Å². The van der Waals surface area contributed by atoms with Gasteiger partial charge in [0.2, 0.25) is 11.8 Å². The molecular formula is C11H11FN2O2. The molecule has 84 valence electrons. The van der Waals surface area contributed by atoms with Crippen LogP contribution in [0.5, 0.6) is 0 Å².